The Labute approximate surface area is 320 Å². The van der Waals surface area contributed by atoms with Crippen molar-refractivity contribution in [3.8, 4) is 11.6 Å². The van der Waals surface area contributed by atoms with Crippen molar-refractivity contribution >= 4 is 44.6 Å². The maximum atomic E-state index is 6.57. The molecule has 54 heavy (non-hydrogen) atoms. The van der Waals surface area contributed by atoms with E-state index in [-0.39, 0.29) is 16.2 Å². The van der Waals surface area contributed by atoms with Crippen molar-refractivity contribution in [2.75, 3.05) is 16.5 Å². The molecule has 0 amide bonds. The zero-order valence-corrected chi connectivity index (χ0v) is 33.2. The number of benzene rings is 5. The first-order valence-corrected chi connectivity index (χ1v) is 19.2. The summed E-state index contributed by atoms with van der Waals surface area (Å²) in [4.78, 5) is 9.71. The zero-order valence-electron chi connectivity index (χ0n) is 33.2. The van der Waals surface area contributed by atoms with Crippen LogP contribution in [-0.2, 0) is 22.9 Å². The Bertz CT molecular complexity index is 2470. The minimum Gasteiger partial charge on any atom is -0.489 e. The van der Waals surface area contributed by atoms with Crippen LogP contribution >= 0.6 is 0 Å². The Morgan fingerprint density at radius 1 is 0.537 bits per heavy atom. The predicted molar refractivity (Wildman–Crippen MR) is 227 cm³/mol. The van der Waals surface area contributed by atoms with Gasteiger partial charge in [-0.15, -0.1) is 0 Å². The number of rotatable bonds is 6. The summed E-state index contributed by atoms with van der Waals surface area (Å²) in [6.45, 7) is 21.7. The molecular weight excluding hydrogens is 661 g/mol. The fourth-order valence-electron chi connectivity index (χ4n) is 7.56. The second kappa shape index (κ2) is 13.1. The normalized spacial score (nSPS) is 13.6. The minimum atomic E-state index is 0.0204. The van der Waals surface area contributed by atoms with Crippen molar-refractivity contribution in [3.63, 3.8) is 0 Å². The van der Waals surface area contributed by atoms with E-state index in [1.165, 1.54) is 44.5 Å². The number of anilines is 4. The summed E-state index contributed by atoms with van der Waals surface area (Å²) in [5.41, 5.74) is 12.2. The number of para-hydroxylation sites is 3. The van der Waals surface area contributed by atoms with E-state index in [4.69, 9.17) is 9.72 Å². The van der Waals surface area contributed by atoms with Crippen LogP contribution in [0.3, 0.4) is 0 Å². The maximum absolute atomic E-state index is 6.57. The van der Waals surface area contributed by atoms with Gasteiger partial charge >= 0.3 is 0 Å². The van der Waals surface area contributed by atoms with Gasteiger partial charge in [0.15, 0.2) is 0 Å². The van der Waals surface area contributed by atoms with Crippen LogP contribution in [-0.4, -0.2) is 16.2 Å². The molecule has 1 aliphatic rings. The van der Waals surface area contributed by atoms with Crippen molar-refractivity contribution < 1.29 is 4.74 Å². The zero-order chi connectivity index (χ0) is 38.0. The first kappa shape index (κ1) is 35.5. The van der Waals surface area contributed by atoms with Crippen molar-refractivity contribution in [3.05, 3.63) is 150 Å². The molecule has 5 heteroatoms. The first-order valence-electron chi connectivity index (χ1n) is 19.2. The Hall–Kier alpha value is -5.55. The Kier molecular flexibility index (Phi) is 8.60. The molecule has 0 saturated heterocycles. The summed E-state index contributed by atoms with van der Waals surface area (Å²) < 4.78 is 8.86. The molecule has 0 saturated carbocycles. The van der Waals surface area contributed by atoms with E-state index in [1.807, 2.05) is 6.20 Å². The number of fused-ring (bicyclic) bond motifs is 4. The molecule has 0 unspecified atom stereocenters. The highest BCUT2D eigenvalue weighted by atomic mass is 16.5. The van der Waals surface area contributed by atoms with E-state index in [1.54, 1.807) is 0 Å². The predicted octanol–water partition coefficient (Wildman–Crippen LogP) is 12.9. The molecule has 0 fully saturated rings. The van der Waals surface area contributed by atoms with E-state index in [0.29, 0.717) is 13.3 Å². The van der Waals surface area contributed by atoms with Gasteiger partial charge in [0.05, 0.1) is 22.4 Å². The molecule has 3 heterocycles. The second-order valence-corrected chi connectivity index (χ2v) is 17.9. The number of ether oxygens (including phenoxy) is 1. The molecule has 5 aromatic carbocycles. The summed E-state index contributed by atoms with van der Waals surface area (Å²) in [6.07, 6.45) is 1.93. The second-order valence-electron chi connectivity index (χ2n) is 17.9. The quantitative estimate of drug-likeness (QED) is 0.172. The highest BCUT2D eigenvalue weighted by molar-refractivity contribution is 6.09. The minimum absolute atomic E-state index is 0.0204. The lowest BCUT2D eigenvalue weighted by Crippen LogP contribution is -2.25. The molecule has 0 bridgehead atoms. The number of nitrogens with zero attached hydrogens (tertiary/aromatic N) is 4. The van der Waals surface area contributed by atoms with E-state index in [2.05, 4.69) is 198 Å². The van der Waals surface area contributed by atoms with Gasteiger partial charge in [-0.1, -0.05) is 117 Å². The lowest BCUT2D eigenvalue weighted by Gasteiger charge is -2.29. The number of hydrogen-bond acceptors (Lipinski definition) is 4. The van der Waals surface area contributed by atoms with E-state index in [0.717, 1.165) is 33.9 Å². The molecule has 0 aliphatic carbocycles. The molecule has 7 aromatic rings. The van der Waals surface area contributed by atoms with Gasteiger partial charge in [0.1, 0.15) is 24.8 Å². The number of aromatic nitrogens is 2. The van der Waals surface area contributed by atoms with Gasteiger partial charge in [-0.3, -0.25) is 4.57 Å². The third kappa shape index (κ3) is 6.61. The van der Waals surface area contributed by atoms with Gasteiger partial charge in [-0.05, 0) is 99.2 Å². The molecular formula is C49H52N4O. The van der Waals surface area contributed by atoms with Crippen LogP contribution in [0.1, 0.15) is 84.6 Å². The molecule has 0 atom stereocenters. The van der Waals surface area contributed by atoms with Gasteiger partial charge in [-0.25, -0.2) is 4.98 Å². The average molecular weight is 713 g/mol. The van der Waals surface area contributed by atoms with Crippen molar-refractivity contribution in [1.82, 2.24) is 9.55 Å². The Morgan fingerprint density at radius 2 is 1.17 bits per heavy atom. The largest absolute Gasteiger partial charge is 0.489 e. The van der Waals surface area contributed by atoms with Crippen LogP contribution in [0.25, 0.3) is 27.6 Å². The van der Waals surface area contributed by atoms with Gasteiger partial charge in [0, 0.05) is 34.4 Å². The van der Waals surface area contributed by atoms with Gasteiger partial charge < -0.3 is 14.5 Å². The molecule has 1 aliphatic heterocycles. The summed E-state index contributed by atoms with van der Waals surface area (Å²) >= 11 is 0. The van der Waals surface area contributed by atoms with E-state index in [9.17, 15) is 0 Å². The molecule has 5 nitrogen and oxygen atoms in total. The van der Waals surface area contributed by atoms with Gasteiger partial charge in [0.2, 0.25) is 0 Å². The highest BCUT2D eigenvalue weighted by Crippen LogP contribution is 2.46. The summed E-state index contributed by atoms with van der Waals surface area (Å²) in [7, 11) is 0. The van der Waals surface area contributed by atoms with Crippen LogP contribution in [0.2, 0.25) is 0 Å². The third-order valence-electron chi connectivity index (χ3n) is 10.8. The maximum Gasteiger partial charge on any atom is 0.137 e. The third-order valence-corrected chi connectivity index (χ3v) is 10.8. The van der Waals surface area contributed by atoms with Gasteiger partial charge in [0.25, 0.3) is 0 Å². The van der Waals surface area contributed by atoms with Crippen LogP contribution in [0.5, 0.6) is 5.75 Å². The molecule has 8 rings (SSSR count). The summed E-state index contributed by atoms with van der Waals surface area (Å²) in [5.74, 6) is 1.77. The summed E-state index contributed by atoms with van der Waals surface area (Å²) in [6, 6.07) is 44.0. The Morgan fingerprint density at radius 3 is 1.85 bits per heavy atom. The van der Waals surface area contributed by atoms with Crippen LogP contribution in [0.4, 0.5) is 22.7 Å². The average Bonchev–Trinajstić information content (AvgIpc) is 3.69. The number of hydrogen-bond donors (Lipinski definition) is 0. The molecule has 274 valence electrons. The topological polar surface area (TPSA) is 33.5 Å². The fraction of sp³-hybridized carbons (Fsp3) is 0.286. The van der Waals surface area contributed by atoms with Crippen molar-refractivity contribution in [2.24, 2.45) is 0 Å². The lowest BCUT2D eigenvalue weighted by molar-refractivity contribution is 0.306. The molecule has 0 N–H and O–H groups in total. The molecule has 2 aromatic heterocycles. The summed E-state index contributed by atoms with van der Waals surface area (Å²) in [5, 5.41) is 2.43. The van der Waals surface area contributed by atoms with Crippen LogP contribution < -0.4 is 14.5 Å². The van der Waals surface area contributed by atoms with Crippen molar-refractivity contribution in [1.29, 1.82) is 0 Å². The van der Waals surface area contributed by atoms with Crippen LogP contribution in [0.15, 0.2) is 128 Å². The van der Waals surface area contributed by atoms with E-state index < -0.39 is 0 Å². The molecule has 0 radical (unpaired) electrons. The first-order chi connectivity index (χ1) is 25.6. The smallest absolute Gasteiger partial charge is 0.137 e. The molecule has 0 spiro atoms. The van der Waals surface area contributed by atoms with Crippen molar-refractivity contribution in [2.45, 2.75) is 85.2 Å². The fourth-order valence-corrected chi connectivity index (χ4v) is 7.56. The van der Waals surface area contributed by atoms with E-state index >= 15 is 0 Å². The van der Waals surface area contributed by atoms with Crippen LogP contribution in [0, 0.1) is 0 Å². The standard InChI is InChI=1S/C49H52N4O/c1-47(2,3)34-23-24-50-46(29-34)53-42-18-11-10-17-40(42)41-22-21-33(25-45(41)53)31-54-39-16-14-15-37(30-39)51-32-52(44-20-13-12-19-43(44)51)38-27-35(48(4,5)6)26-36(28-38)49(7,8)9/h10-30H,31-32H2,1-9H3. The Balaban J connectivity index is 1.10. The monoisotopic (exact) mass is 712 g/mol. The lowest BCUT2D eigenvalue weighted by atomic mass is 9.80. The number of pyridine rings is 1. The highest BCUT2D eigenvalue weighted by Gasteiger charge is 2.30. The SMILES string of the molecule is CC(C)(C)c1cc(N2CN(c3cccc(OCc4ccc5c6ccccc6n(-c6cc(C(C)(C)C)ccn6)c5c4)c3)c3ccccc32)cc(C(C)(C)C)c1. The van der Waals surface area contributed by atoms with Gasteiger partial charge in [-0.2, -0.15) is 0 Å².